The van der Waals surface area contributed by atoms with Gasteiger partial charge in [0.15, 0.2) is 0 Å². The van der Waals surface area contributed by atoms with Gasteiger partial charge >= 0.3 is 0 Å². The summed E-state index contributed by atoms with van der Waals surface area (Å²) in [6, 6.07) is 2.43. The van der Waals surface area contributed by atoms with Crippen molar-refractivity contribution >= 4 is 27.8 Å². The summed E-state index contributed by atoms with van der Waals surface area (Å²) in [5.41, 5.74) is 0.195. The van der Waals surface area contributed by atoms with E-state index in [4.69, 9.17) is 0 Å². The molecule has 1 saturated heterocycles. The molecule has 1 saturated carbocycles. The van der Waals surface area contributed by atoms with E-state index in [0.29, 0.717) is 30.8 Å². The van der Waals surface area contributed by atoms with Gasteiger partial charge in [-0.05, 0) is 31.7 Å². The molecule has 8 heteroatoms. The average Bonchev–Trinajstić information content (AvgIpc) is 2.95. The molecule has 0 bridgehead atoms. The fourth-order valence-corrected chi connectivity index (χ4v) is 5.36. The number of aromatic amines is 1. The van der Waals surface area contributed by atoms with Crippen LogP contribution in [0, 0.1) is 5.92 Å². The standard InChI is InChI=1S/C16H23N5O2S/c1-16(22)8-21(9-16)24(23)7-11-5-12(6-11)20(2)15-13-3-4-17-14(13)18-10-19-15/h3-4,10-12,22H,5-9H2,1-2H3,(H,17,18,19). The van der Waals surface area contributed by atoms with Crippen molar-refractivity contribution in [2.45, 2.75) is 31.4 Å². The van der Waals surface area contributed by atoms with E-state index < -0.39 is 16.6 Å². The second kappa shape index (κ2) is 5.79. The lowest BCUT2D eigenvalue weighted by Crippen LogP contribution is -2.61. The first-order valence-electron chi connectivity index (χ1n) is 8.30. The van der Waals surface area contributed by atoms with Gasteiger partial charge in [-0.2, -0.15) is 0 Å². The normalized spacial score (nSPS) is 27.5. The number of fused-ring (bicyclic) bond motifs is 1. The van der Waals surface area contributed by atoms with Gasteiger partial charge in [0.2, 0.25) is 0 Å². The van der Waals surface area contributed by atoms with E-state index in [1.165, 1.54) is 0 Å². The molecule has 4 rings (SSSR count). The van der Waals surface area contributed by atoms with Crippen molar-refractivity contribution in [2.24, 2.45) is 5.92 Å². The SMILES string of the molecule is CN(c1ncnc2[nH]ccc12)C1CC(CS(=O)N2CC(C)(O)C2)C1. The van der Waals surface area contributed by atoms with Crippen LogP contribution in [0.4, 0.5) is 5.82 Å². The number of hydrogen-bond acceptors (Lipinski definition) is 5. The maximum absolute atomic E-state index is 12.3. The van der Waals surface area contributed by atoms with Crippen LogP contribution >= 0.6 is 0 Å². The molecule has 2 aliphatic rings. The minimum Gasteiger partial charge on any atom is -0.387 e. The van der Waals surface area contributed by atoms with E-state index in [1.54, 1.807) is 13.3 Å². The van der Waals surface area contributed by atoms with Crippen molar-refractivity contribution < 1.29 is 9.32 Å². The third-order valence-corrected chi connectivity index (χ3v) is 6.72. The summed E-state index contributed by atoms with van der Waals surface area (Å²) in [6.07, 6.45) is 5.53. The van der Waals surface area contributed by atoms with E-state index >= 15 is 0 Å². The van der Waals surface area contributed by atoms with Gasteiger partial charge in [-0.25, -0.2) is 18.5 Å². The molecule has 0 radical (unpaired) electrons. The van der Waals surface area contributed by atoms with Crippen LogP contribution in [0.2, 0.25) is 0 Å². The van der Waals surface area contributed by atoms with Crippen LogP contribution in [0.3, 0.4) is 0 Å². The quantitative estimate of drug-likeness (QED) is 0.838. The Morgan fingerprint density at radius 1 is 1.46 bits per heavy atom. The minimum absolute atomic E-state index is 0.430. The number of aromatic nitrogens is 3. The highest BCUT2D eigenvalue weighted by atomic mass is 32.2. The van der Waals surface area contributed by atoms with Gasteiger partial charge in [0.1, 0.15) is 17.8 Å². The predicted octanol–water partition coefficient (Wildman–Crippen LogP) is 0.903. The molecule has 2 fully saturated rings. The molecule has 1 unspecified atom stereocenters. The van der Waals surface area contributed by atoms with Crippen LogP contribution in [0.1, 0.15) is 19.8 Å². The Bertz CT molecular complexity index is 763. The monoisotopic (exact) mass is 349 g/mol. The second-order valence-corrected chi connectivity index (χ2v) is 8.82. The molecular weight excluding hydrogens is 326 g/mol. The van der Waals surface area contributed by atoms with Crippen molar-refractivity contribution in [1.82, 2.24) is 19.3 Å². The smallest absolute Gasteiger partial charge is 0.142 e. The van der Waals surface area contributed by atoms with E-state index in [-0.39, 0.29) is 0 Å². The van der Waals surface area contributed by atoms with Gasteiger partial charge in [0.05, 0.1) is 22.0 Å². The number of nitrogens with one attached hydrogen (secondary N) is 1. The summed E-state index contributed by atoms with van der Waals surface area (Å²) in [5.74, 6) is 2.13. The van der Waals surface area contributed by atoms with Crippen LogP contribution in [0.25, 0.3) is 11.0 Å². The molecular formula is C16H23N5O2S. The molecule has 130 valence electrons. The fourth-order valence-electron chi connectivity index (χ4n) is 3.63. The van der Waals surface area contributed by atoms with Gasteiger partial charge in [-0.1, -0.05) is 0 Å². The van der Waals surface area contributed by atoms with Gasteiger partial charge in [-0.15, -0.1) is 0 Å². The van der Waals surface area contributed by atoms with Crippen molar-refractivity contribution in [3.8, 4) is 0 Å². The van der Waals surface area contributed by atoms with Crippen molar-refractivity contribution in [1.29, 1.82) is 0 Å². The number of rotatable bonds is 5. The second-order valence-electron chi connectivity index (χ2n) is 7.32. The lowest BCUT2D eigenvalue weighted by atomic mass is 9.81. The summed E-state index contributed by atoms with van der Waals surface area (Å²) in [6.45, 7) is 2.82. The van der Waals surface area contributed by atoms with Gasteiger partial charge in [0, 0.05) is 38.1 Å². The highest BCUT2D eigenvalue weighted by molar-refractivity contribution is 7.82. The minimum atomic E-state index is -0.968. The third kappa shape index (κ3) is 2.82. The molecule has 2 N–H and O–H groups in total. The average molecular weight is 349 g/mol. The fraction of sp³-hybridized carbons (Fsp3) is 0.625. The molecule has 24 heavy (non-hydrogen) atoms. The molecule has 2 aromatic rings. The summed E-state index contributed by atoms with van der Waals surface area (Å²) < 4.78 is 14.2. The van der Waals surface area contributed by atoms with Crippen molar-refractivity contribution in [2.75, 3.05) is 30.8 Å². The Morgan fingerprint density at radius 3 is 2.92 bits per heavy atom. The molecule has 0 spiro atoms. The lowest BCUT2D eigenvalue weighted by Gasteiger charge is -2.45. The Kier molecular flexibility index (Phi) is 3.85. The first-order valence-corrected chi connectivity index (χ1v) is 9.57. The zero-order valence-electron chi connectivity index (χ0n) is 14.0. The van der Waals surface area contributed by atoms with Crippen LogP contribution in [-0.4, -0.2) is 66.1 Å². The molecule has 3 heterocycles. The highest BCUT2D eigenvalue weighted by Crippen LogP contribution is 2.36. The van der Waals surface area contributed by atoms with E-state index in [0.717, 1.165) is 29.7 Å². The zero-order chi connectivity index (χ0) is 16.9. The molecule has 0 amide bonds. The first-order chi connectivity index (χ1) is 11.4. The summed E-state index contributed by atoms with van der Waals surface area (Å²) in [5, 5.41) is 10.8. The largest absolute Gasteiger partial charge is 0.387 e. The van der Waals surface area contributed by atoms with Crippen LogP contribution in [-0.2, 0) is 11.0 Å². The number of aliphatic hydroxyl groups is 1. The molecule has 2 aromatic heterocycles. The van der Waals surface area contributed by atoms with Crippen LogP contribution in [0.5, 0.6) is 0 Å². The summed E-state index contributed by atoms with van der Waals surface area (Å²) in [7, 11) is 1.10. The van der Waals surface area contributed by atoms with Gasteiger partial charge in [0.25, 0.3) is 0 Å². The number of anilines is 1. The van der Waals surface area contributed by atoms with Gasteiger partial charge in [-0.3, -0.25) is 0 Å². The lowest BCUT2D eigenvalue weighted by molar-refractivity contribution is -0.0405. The van der Waals surface area contributed by atoms with Gasteiger partial charge < -0.3 is 15.0 Å². The topological polar surface area (TPSA) is 85.4 Å². The highest BCUT2D eigenvalue weighted by Gasteiger charge is 2.42. The summed E-state index contributed by atoms with van der Waals surface area (Å²) >= 11 is 0. The van der Waals surface area contributed by atoms with Crippen LogP contribution in [0.15, 0.2) is 18.6 Å². The summed E-state index contributed by atoms with van der Waals surface area (Å²) in [4.78, 5) is 14.0. The first kappa shape index (κ1) is 16.0. The molecule has 1 aliphatic heterocycles. The van der Waals surface area contributed by atoms with Crippen molar-refractivity contribution in [3.63, 3.8) is 0 Å². The Morgan fingerprint density at radius 2 is 2.21 bits per heavy atom. The third-order valence-electron chi connectivity index (χ3n) is 5.13. The number of β-amino-alcohol motifs (C(OH)–C–C–N with tert-alkyl or cyclic N) is 1. The maximum Gasteiger partial charge on any atom is 0.142 e. The Hall–Kier alpha value is -1.51. The zero-order valence-corrected chi connectivity index (χ0v) is 14.8. The number of hydrogen-bond donors (Lipinski definition) is 2. The van der Waals surface area contributed by atoms with E-state index in [2.05, 4.69) is 26.9 Å². The van der Waals surface area contributed by atoms with Crippen LogP contribution < -0.4 is 4.90 Å². The van der Waals surface area contributed by atoms with E-state index in [9.17, 15) is 9.32 Å². The van der Waals surface area contributed by atoms with Crippen molar-refractivity contribution in [3.05, 3.63) is 18.6 Å². The molecule has 7 nitrogen and oxygen atoms in total. The van der Waals surface area contributed by atoms with E-state index in [1.807, 2.05) is 16.6 Å². The molecule has 1 aliphatic carbocycles. The molecule has 1 atom stereocenters. The number of H-pyrrole nitrogens is 1. The Balaban J connectivity index is 1.32. The maximum atomic E-state index is 12.3. The predicted molar refractivity (Wildman–Crippen MR) is 94.0 cm³/mol. The molecule has 0 aromatic carbocycles. The Labute approximate surface area is 143 Å². The number of nitrogens with zero attached hydrogens (tertiary/aromatic N) is 4.